The van der Waals surface area contributed by atoms with E-state index < -0.39 is 10.0 Å². The van der Waals surface area contributed by atoms with Gasteiger partial charge in [-0.15, -0.1) is 0 Å². The van der Waals surface area contributed by atoms with Crippen LogP contribution in [0, 0.1) is 5.92 Å². The van der Waals surface area contributed by atoms with Gasteiger partial charge in [-0.1, -0.05) is 31.5 Å². The van der Waals surface area contributed by atoms with Crippen molar-refractivity contribution in [2.24, 2.45) is 5.92 Å². The lowest BCUT2D eigenvalue weighted by molar-refractivity contribution is 0.282. The lowest BCUT2D eigenvalue weighted by atomic mass is 10.2. The highest BCUT2D eigenvalue weighted by molar-refractivity contribution is 7.89. The Morgan fingerprint density at radius 2 is 2.00 bits per heavy atom. The zero-order valence-corrected chi connectivity index (χ0v) is 12.3. The van der Waals surface area contributed by atoms with Crippen molar-refractivity contribution in [3.63, 3.8) is 0 Å². The third kappa shape index (κ3) is 3.45. The summed E-state index contributed by atoms with van der Waals surface area (Å²) in [6.45, 7) is 4.14. The van der Waals surface area contributed by atoms with Gasteiger partial charge in [0, 0.05) is 18.6 Å². The number of aliphatic hydroxyl groups is 1. The van der Waals surface area contributed by atoms with Gasteiger partial charge in [-0.3, -0.25) is 0 Å². The van der Waals surface area contributed by atoms with Crippen LogP contribution < -0.4 is 0 Å². The Morgan fingerprint density at radius 1 is 1.39 bits per heavy atom. The molecule has 1 rings (SSSR count). The molecular formula is C12H18ClNO3S. The summed E-state index contributed by atoms with van der Waals surface area (Å²) in [5.74, 6) is 0.247. The van der Waals surface area contributed by atoms with Gasteiger partial charge >= 0.3 is 0 Å². The summed E-state index contributed by atoms with van der Waals surface area (Å²) in [6.07, 6.45) is 0. The van der Waals surface area contributed by atoms with Crippen molar-refractivity contribution in [1.29, 1.82) is 0 Å². The first-order valence-electron chi connectivity index (χ1n) is 5.64. The van der Waals surface area contributed by atoms with Gasteiger partial charge < -0.3 is 5.11 Å². The predicted octanol–water partition coefficient (Wildman–Crippen LogP) is 2.11. The number of rotatable bonds is 5. The highest BCUT2D eigenvalue weighted by Gasteiger charge is 2.22. The van der Waals surface area contributed by atoms with E-state index >= 15 is 0 Å². The number of sulfonamides is 1. The SMILES string of the molecule is CC(C)CN(C)S(=O)(=O)c1ccc(CO)c(Cl)c1. The standard InChI is InChI=1S/C12H18ClNO3S/c1-9(2)7-14(3)18(16,17)11-5-4-10(8-15)12(13)6-11/h4-6,9,15H,7-8H2,1-3H3. The topological polar surface area (TPSA) is 57.6 Å². The van der Waals surface area contributed by atoms with Crippen molar-refractivity contribution < 1.29 is 13.5 Å². The normalized spacial score (nSPS) is 12.4. The van der Waals surface area contributed by atoms with Crippen LogP contribution in [-0.4, -0.2) is 31.4 Å². The fourth-order valence-corrected chi connectivity index (χ4v) is 3.28. The van der Waals surface area contributed by atoms with E-state index in [1.165, 1.54) is 22.5 Å². The van der Waals surface area contributed by atoms with Gasteiger partial charge in [-0.05, 0) is 23.6 Å². The van der Waals surface area contributed by atoms with E-state index in [1.54, 1.807) is 7.05 Å². The fourth-order valence-electron chi connectivity index (χ4n) is 1.61. The Morgan fingerprint density at radius 3 is 2.44 bits per heavy atom. The molecule has 0 saturated heterocycles. The lowest BCUT2D eigenvalue weighted by Crippen LogP contribution is -2.30. The monoisotopic (exact) mass is 291 g/mol. The van der Waals surface area contributed by atoms with Crippen molar-refractivity contribution in [3.05, 3.63) is 28.8 Å². The van der Waals surface area contributed by atoms with E-state index in [0.717, 1.165) is 0 Å². The highest BCUT2D eigenvalue weighted by atomic mass is 35.5. The van der Waals surface area contributed by atoms with Gasteiger partial charge in [0.1, 0.15) is 0 Å². The second-order valence-electron chi connectivity index (χ2n) is 4.59. The molecule has 18 heavy (non-hydrogen) atoms. The van der Waals surface area contributed by atoms with Gasteiger partial charge in [-0.2, -0.15) is 0 Å². The molecule has 1 aromatic rings. The Hall–Kier alpha value is -0.620. The van der Waals surface area contributed by atoms with Crippen LogP contribution in [-0.2, 0) is 16.6 Å². The molecule has 0 aromatic heterocycles. The van der Waals surface area contributed by atoms with E-state index in [2.05, 4.69) is 0 Å². The molecule has 0 atom stereocenters. The van der Waals surface area contributed by atoms with Crippen LogP contribution in [0.15, 0.2) is 23.1 Å². The van der Waals surface area contributed by atoms with E-state index in [9.17, 15) is 8.42 Å². The van der Waals surface area contributed by atoms with Crippen LogP contribution in [0.2, 0.25) is 5.02 Å². The number of benzene rings is 1. The average Bonchev–Trinajstić information content (AvgIpc) is 2.27. The Balaban J connectivity index is 3.09. The molecule has 0 spiro atoms. The maximum atomic E-state index is 12.2. The highest BCUT2D eigenvalue weighted by Crippen LogP contribution is 2.23. The molecule has 0 aliphatic carbocycles. The van der Waals surface area contributed by atoms with E-state index in [1.807, 2.05) is 13.8 Å². The molecule has 0 aliphatic heterocycles. The summed E-state index contributed by atoms with van der Waals surface area (Å²) in [5, 5.41) is 9.26. The minimum absolute atomic E-state index is 0.146. The van der Waals surface area contributed by atoms with Crippen molar-refractivity contribution in [2.45, 2.75) is 25.3 Å². The number of halogens is 1. The molecule has 1 N–H and O–H groups in total. The van der Waals surface area contributed by atoms with Crippen LogP contribution in [0.5, 0.6) is 0 Å². The molecule has 0 saturated carbocycles. The minimum atomic E-state index is -3.51. The summed E-state index contributed by atoms with van der Waals surface area (Å²) >= 11 is 5.90. The van der Waals surface area contributed by atoms with Crippen molar-refractivity contribution in [2.75, 3.05) is 13.6 Å². The second kappa shape index (κ2) is 6.02. The first-order valence-corrected chi connectivity index (χ1v) is 7.46. The van der Waals surface area contributed by atoms with Crippen LogP contribution in [0.3, 0.4) is 0 Å². The molecule has 1 aromatic carbocycles. The maximum Gasteiger partial charge on any atom is 0.242 e. The second-order valence-corrected chi connectivity index (χ2v) is 7.04. The molecule has 0 amide bonds. The molecular weight excluding hydrogens is 274 g/mol. The van der Waals surface area contributed by atoms with Gasteiger partial charge in [0.05, 0.1) is 11.5 Å². The summed E-state index contributed by atoms with van der Waals surface area (Å²) in [6, 6.07) is 4.36. The number of hydrogen-bond donors (Lipinski definition) is 1. The maximum absolute atomic E-state index is 12.2. The van der Waals surface area contributed by atoms with Gasteiger partial charge in [0.2, 0.25) is 10.0 Å². The molecule has 102 valence electrons. The van der Waals surface area contributed by atoms with Crippen LogP contribution >= 0.6 is 11.6 Å². The Labute approximate surface area is 113 Å². The summed E-state index contributed by atoms with van der Waals surface area (Å²) in [4.78, 5) is 0.146. The number of aliphatic hydroxyl groups excluding tert-OH is 1. The molecule has 6 heteroatoms. The summed E-state index contributed by atoms with van der Waals surface area (Å²) in [5.41, 5.74) is 0.516. The van der Waals surface area contributed by atoms with Gasteiger partial charge in [-0.25, -0.2) is 12.7 Å². The number of nitrogens with zero attached hydrogens (tertiary/aromatic N) is 1. The molecule has 0 radical (unpaired) electrons. The van der Waals surface area contributed by atoms with Crippen molar-refractivity contribution in [1.82, 2.24) is 4.31 Å². The molecule has 0 aliphatic rings. The average molecular weight is 292 g/mol. The quantitative estimate of drug-likeness (QED) is 0.904. The zero-order valence-electron chi connectivity index (χ0n) is 10.7. The number of hydrogen-bond acceptors (Lipinski definition) is 3. The van der Waals surface area contributed by atoms with Crippen LogP contribution in [0.4, 0.5) is 0 Å². The first-order chi connectivity index (χ1) is 8.28. The van der Waals surface area contributed by atoms with Crippen LogP contribution in [0.1, 0.15) is 19.4 Å². The molecule has 0 fully saturated rings. The third-order valence-corrected chi connectivity index (χ3v) is 4.70. The summed E-state index contributed by atoms with van der Waals surface area (Å²) in [7, 11) is -1.97. The fraction of sp³-hybridized carbons (Fsp3) is 0.500. The minimum Gasteiger partial charge on any atom is -0.392 e. The van der Waals surface area contributed by atoms with E-state index in [-0.39, 0.29) is 22.4 Å². The third-order valence-electron chi connectivity index (χ3n) is 2.53. The largest absolute Gasteiger partial charge is 0.392 e. The molecule has 0 heterocycles. The predicted molar refractivity (Wildman–Crippen MR) is 72.0 cm³/mol. The molecule has 0 bridgehead atoms. The first kappa shape index (κ1) is 15.4. The van der Waals surface area contributed by atoms with Gasteiger partial charge in [0.15, 0.2) is 0 Å². The Bertz CT molecular complexity index is 514. The van der Waals surface area contributed by atoms with Gasteiger partial charge in [0.25, 0.3) is 0 Å². The van der Waals surface area contributed by atoms with E-state index in [0.29, 0.717) is 12.1 Å². The lowest BCUT2D eigenvalue weighted by Gasteiger charge is -2.19. The Kier molecular flexibility index (Phi) is 5.16. The summed E-state index contributed by atoms with van der Waals surface area (Å²) < 4.78 is 25.8. The van der Waals surface area contributed by atoms with Crippen molar-refractivity contribution >= 4 is 21.6 Å². The van der Waals surface area contributed by atoms with Crippen LogP contribution in [0.25, 0.3) is 0 Å². The van der Waals surface area contributed by atoms with Crippen molar-refractivity contribution in [3.8, 4) is 0 Å². The zero-order chi connectivity index (χ0) is 13.9. The van der Waals surface area contributed by atoms with E-state index in [4.69, 9.17) is 16.7 Å². The molecule has 4 nitrogen and oxygen atoms in total. The molecule has 0 unspecified atom stereocenters. The smallest absolute Gasteiger partial charge is 0.242 e.